The molecular weight excluding hydrogens is 254 g/mol. The summed E-state index contributed by atoms with van der Waals surface area (Å²) in [4.78, 5) is 19.0. The van der Waals surface area contributed by atoms with Crippen LogP contribution in [0, 0.1) is 0 Å². The van der Waals surface area contributed by atoms with Crippen molar-refractivity contribution < 1.29 is 9.53 Å². The van der Waals surface area contributed by atoms with E-state index in [9.17, 15) is 4.79 Å². The Balaban J connectivity index is 1.59. The Kier molecular flexibility index (Phi) is 3.50. The molecule has 5 heteroatoms. The van der Waals surface area contributed by atoms with Crippen LogP contribution in [0.5, 0.6) is 5.75 Å². The third kappa shape index (κ3) is 2.71. The number of imidazole rings is 1. The molecule has 0 bridgehead atoms. The molecule has 0 saturated heterocycles. The van der Waals surface area contributed by atoms with E-state index in [1.165, 1.54) is 0 Å². The maximum Gasteiger partial charge on any atom is 0.250 e. The molecule has 102 valence electrons. The molecule has 2 heterocycles. The monoisotopic (exact) mass is 269 g/mol. The van der Waals surface area contributed by atoms with E-state index in [1.54, 1.807) is 12.5 Å². The minimum Gasteiger partial charge on any atom is -0.488 e. The van der Waals surface area contributed by atoms with Crippen molar-refractivity contribution in [2.75, 3.05) is 13.2 Å². The third-order valence-corrected chi connectivity index (χ3v) is 3.16. The molecule has 0 aliphatic carbocycles. The highest BCUT2D eigenvalue weighted by atomic mass is 16.5. The number of ether oxygens (including phenoxy) is 1. The predicted molar refractivity (Wildman–Crippen MR) is 75.2 cm³/mol. The number of carbonyl (C=O) groups excluding carboxylic acids is 1. The number of benzene rings is 1. The van der Waals surface area contributed by atoms with Gasteiger partial charge in [0.15, 0.2) is 0 Å². The molecule has 2 aromatic rings. The number of rotatable bonds is 4. The van der Waals surface area contributed by atoms with Crippen LogP contribution in [0.2, 0.25) is 0 Å². The molecule has 5 nitrogen and oxygen atoms in total. The molecule has 0 spiro atoms. The lowest BCUT2D eigenvalue weighted by Crippen LogP contribution is -2.30. The summed E-state index contributed by atoms with van der Waals surface area (Å²) in [6, 6.07) is 7.69. The third-order valence-electron chi connectivity index (χ3n) is 3.16. The zero-order chi connectivity index (χ0) is 13.8. The smallest absolute Gasteiger partial charge is 0.250 e. The first kappa shape index (κ1) is 12.5. The number of H-pyrrole nitrogens is 1. The lowest BCUT2D eigenvalue weighted by Gasteiger charge is -2.17. The minimum atomic E-state index is -0.0842. The van der Waals surface area contributed by atoms with E-state index in [1.807, 2.05) is 30.3 Å². The molecule has 1 aliphatic heterocycles. The SMILES string of the molecule is O=C(NCCc1cnc[nH]1)C1=Cc2ccccc2OC1. The van der Waals surface area contributed by atoms with Crippen molar-refractivity contribution >= 4 is 12.0 Å². The van der Waals surface area contributed by atoms with Gasteiger partial charge in [-0.05, 0) is 12.1 Å². The fraction of sp³-hybridized carbons (Fsp3) is 0.200. The average Bonchev–Trinajstić information content (AvgIpc) is 3.00. The number of carbonyl (C=O) groups is 1. The first-order valence-electron chi connectivity index (χ1n) is 6.51. The van der Waals surface area contributed by atoms with E-state index in [0.29, 0.717) is 18.7 Å². The van der Waals surface area contributed by atoms with Gasteiger partial charge in [0, 0.05) is 30.4 Å². The fourth-order valence-corrected chi connectivity index (χ4v) is 2.09. The Labute approximate surface area is 116 Å². The van der Waals surface area contributed by atoms with E-state index < -0.39 is 0 Å². The number of hydrogen-bond acceptors (Lipinski definition) is 3. The molecule has 1 aliphatic rings. The topological polar surface area (TPSA) is 67.0 Å². The zero-order valence-electron chi connectivity index (χ0n) is 10.9. The summed E-state index contributed by atoms with van der Waals surface area (Å²) in [7, 11) is 0. The van der Waals surface area contributed by atoms with Crippen molar-refractivity contribution in [3.8, 4) is 5.75 Å². The van der Waals surface area contributed by atoms with Gasteiger partial charge >= 0.3 is 0 Å². The Morgan fingerprint density at radius 2 is 2.30 bits per heavy atom. The normalized spacial score (nSPS) is 13.1. The number of hydrogen-bond donors (Lipinski definition) is 2. The van der Waals surface area contributed by atoms with Gasteiger partial charge in [-0.1, -0.05) is 18.2 Å². The van der Waals surface area contributed by atoms with Gasteiger partial charge in [0.1, 0.15) is 12.4 Å². The summed E-state index contributed by atoms with van der Waals surface area (Å²) in [6.45, 7) is 0.882. The Morgan fingerprint density at radius 1 is 1.40 bits per heavy atom. The van der Waals surface area contributed by atoms with Crippen LogP contribution in [0.3, 0.4) is 0 Å². The van der Waals surface area contributed by atoms with Gasteiger partial charge in [-0.3, -0.25) is 4.79 Å². The van der Waals surface area contributed by atoms with Crippen LogP contribution in [0.1, 0.15) is 11.3 Å². The standard InChI is InChI=1S/C15H15N3O2/c19-15(17-6-5-13-8-16-10-18-13)12-7-11-3-1-2-4-14(11)20-9-12/h1-4,7-8,10H,5-6,9H2,(H,16,18)(H,17,19). The molecule has 1 aromatic heterocycles. The number of para-hydroxylation sites is 1. The summed E-state index contributed by atoms with van der Waals surface area (Å²) >= 11 is 0. The van der Waals surface area contributed by atoms with Crippen LogP contribution in [-0.4, -0.2) is 29.0 Å². The van der Waals surface area contributed by atoms with Crippen molar-refractivity contribution in [2.45, 2.75) is 6.42 Å². The Bertz CT molecular complexity index is 632. The number of nitrogens with zero attached hydrogens (tertiary/aromatic N) is 1. The maximum atomic E-state index is 12.1. The molecule has 0 radical (unpaired) electrons. The molecular formula is C15H15N3O2. The van der Waals surface area contributed by atoms with E-state index in [4.69, 9.17) is 4.74 Å². The molecule has 1 amide bonds. The molecule has 0 saturated carbocycles. The summed E-state index contributed by atoms with van der Waals surface area (Å²) in [5.41, 5.74) is 2.59. The number of aromatic amines is 1. The van der Waals surface area contributed by atoms with Crippen LogP contribution in [0.4, 0.5) is 0 Å². The molecule has 2 N–H and O–H groups in total. The maximum absolute atomic E-state index is 12.1. The summed E-state index contributed by atoms with van der Waals surface area (Å²) in [6.07, 6.45) is 6.00. The molecule has 3 rings (SSSR count). The van der Waals surface area contributed by atoms with Crippen LogP contribution in [0.15, 0.2) is 42.4 Å². The highest BCUT2D eigenvalue weighted by Gasteiger charge is 2.16. The van der Waals surface area contributed by atoms with Crippen LogP contribution in [-0.2, 0) is 11.2 Å². The van der Waals surface area contributed by atoms with Gasteiger partial charge in [0.25, 0.3) is 5.91 Å². The van der Waals surface area contributed by atoms with Crippen molar-refractivity contribution in [1.29, 1.82) is 0 Å². The molecule has 0 unspecified atom stereocenters. The van der Waals surface area contributed by atoms with E-state index >= 15 is 0 Å². The van der Waals surface area contributed by atoms with Gasteiger partial charge < -0.3 is 15.0 Å². The van der Waals surface area contributed by atoms with E-state index in [0.717, 1.165) is 23.4 Å². The van der Waals surface area contributed by atoms with Crippen molar-refractivity contribution in [3.63, 3.8) is 0 Å². The summed E-state index contributed by atoms with van der Waals surface area (Å²) in [5.74, 6) is 0.737. The van der Waals surface area contributed by atoms with Crippen LogP contribution >= 0.6 is 0 Å². The summed E-state index contributed by atoms with van der Waals surface area (Å²) in [5, 5.41) is 2.89. The summed E-state index contributed by atoms with van der Waals surface area (Å²) < 4.78 is 5.56. The highest BCUT2D eigenvalue weighted by molar-refractivity contribution is 5.99. The van der Waals surface area contributed by atoms with Crippen molar-refractivity contribution in [2.24, 2.45) is 0 Å². The Morgan fingerprint density at radius 3 is 3.15 bits per heavy atom. The predicted octanol–water partition coefficient (Wildman–Crippen LogP) is 1.54. The second-order valence-corrected chi connectivity index (χ2v) is 4.58. The number of aromatic nitrogens is 2. The molecule has 1 aromatic carbocycles. The van der Waals surface area contributed by atoms with E-state index in [2.05, 4.69) is 15.3 Å². The van der Waals surface area contributed by atoms with Crippen molar-refractivity contribution in [1.82, 2.24) is 15.3 Å². The van der Waals surface area contributed by atoms with Gasteiger partial charge in [-0.25, -0.2) is 4.98 Å². The first-order valence-corrected chi connectivity index (χ1v) is 6.51. The second-order valence-electron chi connectivity index (χ2n) is 4.58. The van der Waals surface area contributed by atoms with Gasteiger partial charge in [-0.2, -0.15) is 0 Å². The van der Waals surface area contributed by atoms with Gasteiger partial charge in [0.05, 0.1) is 11.9 Å². The zero-order valence-corrected chi connectivity index (χ0v) is 10.9. The molecule has 0 fully saturated rings. The van der Waals surface area contributed by atoms with E-state index in [-0.39, 0.29) is 5.91 Å². The van der Waals surface area contributed by atoms with Gasteiger partial charge in [-0.15, -0.1) is 0 Å². The van der Waals surface area contributed by atoms with Crippen LogP contribution < -0.4 is 10.1 Å². The molecule has 0 atom stereocenters. The number of nitrogens with one attached hydrogen (secondary N) is 2. The average molecular weight is 269 g/mol. The van der Waals surface area contributed by atoms with Gasteiger partial charge in [0.2, 0.25) is 0 Å². The number of amides is 1. The Hall–Kier alpha value is -2.56. The lowest BCUT2D eigenvalue weighted by atomic mass is 10.1. The fourth-order valence-electron chi connectivity index (χ4n) is 2.09. The molecule has 20 heavy (non-hydrogen) atoms. The largest absolute Gasteiger partial charge is 0.488 e. The quantitative estimate of drug-likeness (QED) is 0.885. The van der Waals surface area contributed by atoms with Crippen molar-refractivity contribution in [3.05, 3.63) is 53.6 Å². The first-order chi connectivity index (χ1) is 9.83. The lowest BCUT2D eigenvalue weighted by molar-refractivity contribution is -0.117. The van der Waals surface area contributed by atoms with Crippen LogP contribution in [0.25, 0.3) is 6.08 Å². The highest BCUT2D eigenvalue weighted by Crippen LogP contribution is 2.25. The second kappa shape index (κ2) is 5.61. The number of fused-ring (bicyclic) bond motifs is 1. The minimum absolute atomic E-state index is 0.0842.